The van der Waals surface area contributed by atoms with Crippen LogP contribution in [0.5, 0.6) is 0 Å². The first-order valence-electron chi connectivity index (χ1n) is 9.06. The van der Waals surface area contributed by atoms with Crippen LogP contribution in [0.1, 0.15) is 16.8 Å². The highest BCUT2D eigenvalue weighted by molar-refractivity contribution is 5.95. The van der Waals surface area contributed by atoms with Gasteiger partial charge in [-0.25, -0.2) is 0 Å². The molecular weight excluding hydrogens is 312 g/mol. The van der Waals surface area contributed by atoms with Crippen LogP contribution in [-0.2, 0) is 0 Å². The summed E-state index contributed by atoms with van der Waals surface area (Å²) in [4.78, 5) is 21.7. The van der Waals surface area contributed by atoms with E-state index in [9.17, 15) is 4.79 Å². The lowest BCUT2D eigenvalue weighted by Crippen LogP contribution is -2.49. The van der Waals surface area contributed by atoms with Gasteiger partial charge >= 0.3 is 0 Å². The highest BCUT2D eigenvalue weighted by Crippen LogP contribution is 2.22. The number of hydrogen-bond donors (Lipinski definition) is 1. The van der Waals surface area contributed by atoms with Crippen LogP contribution in [0.2, 0.25) is 0 Å². The Morgan fingerprint density at radius 2 is 1.84 bits per heavy atom. The zero-order valence-corrected chi connectivity index (χ0v) is 14.4. The molecule has 0 saturated carbocycles. The maximum atomic E-state index is 12.9. The van der Waals surface area contributed by atoms with Gasteiger partial charge in [0, 0.05) is 63.3 Å². The number of pyridine rings is 1. The van der Waals surface area contributed by atoms with Gasteiger partial charge in [0.1, 0.15) is 0 Å². The number of amides is 1. The van der Waals surface area contributed by atoms with Crippen LogP contribution in [0.3, 0.4) is 0 Å². The van der Waals surface area contributed by atoms with Gasteiger partial charge in [-0.3, -0.25) is 14.7 Å². The SMILES string of the molecule is O=C(c1cncc(-c2ccccc2)c1)N1CCC(N2CCNCC2)C1. The first-order valence-corrected chi connectivity index (χ1v) is 9.06. The minimum absolute atomic E-state index is 0.0999. The molecule has 1 atom stereocenters. The molecule has 2 fully saturated rings. The molecule has 1 N–H and O–H groups in total. The lowest BCUT2D eigenvalue weighted by Gasteiger charge is -2.32. The van der Waals surface area contributed by atoms with Crippen molar-refractivity contribution in [1.82, 2.24) is 20.1 Å². The summed E-state index contributed by atoms with van der Waals surface area (Å²) in [6.45, 7) is 5.92. The Bertz CT molecular complexity index is 727. The Balaban J connectivity index is 1.46. The van der Waals surface area contributed by atoms with E-state index in [0.29, 0.717) is 11.6 Å². The molecule has 2 saturated heterocycles. The second kappa shape index (κ2) is 7.33. The van der Waals surface area contributed by atoms with Crippen LogP contribution in [-0.4, -0.2) is 66.0 Å². The maximum Gasteiger partial charge on any atom is 0.255 e. The summed E-state index contributed by atoms with van der Waals surface area (Å²) in [6.07, 6.45) is 4.57. The molecule has 1 aromatic heterocycles. The zero-order valence-electron chi connectivity index (χ0n) is 14.4. The van der Waals surface area contributed by atoms with Gasteiger partial charge in [0.25, 0.3) is 5.91 Å². The van der Waals surface area contributed by atoms with Gasteiger partial charge in [0.15, 0.2) is 0 Å². The fourth-order valence-electron chi connectivity index (χ4n) is 3.80. The lowest BCUT2D eigenvalue weighted by molar-refractivity contribution is 0.0773. The van der Waals surface area contributed by atoms with E-state index in [0.717, 1.165) is 56.8 Å². The minimum atomic E-state index is 0.0999. The molecule has 2 aliphatic heterocycles. The summed E-state index contributed by atoms with van der Waals surface area (Å²) in [5, 5.41) is 3.39. The number of benzene rings is 1. The average molecular weight is 336 g/mol. The molecule has 0 radical (unpaired) electrons. The molecule has 0 aliphatic carbocycles. The first-order chi connectivity index (χ1) is 12.3. The number of nitrogens with one attached hydrogen (secondary N) is 1. The Labute approximate surface area is 148 Å². The quantitative estimate of drug-likeness (QED) is 0.930. The Morgan fingerprint density at radius 3 is 2.64 bits per heavy atom. The van der Waals surface area contributed by atoms with Crippen molar-refractivity contribution in [2.45, 2.75) is 12.5 Å². The number of carbonyl (C=O) groups is 1. The molecule has 1 amide bonds. The van der Waals surface area contributed by atoms with E-state index >= 15 is 0 Å². The highest BCUT2D eigenvalue weighted by Gasteiger charge is 2.31. The third-order valence-corrected chi connectivity index (χ3v) is 5.21. The molecule has 2 aromatic rings. The van der Waals surface area contributed by atoms with Crippen molar-refractivity contribution >= 4 is 5.91 Å². The van der Waals surface area contributed by atoms with Gasteiger partial charge in [-0.2, -0.15) is 0 Å². The van der Waals surface area contributed by atoms with Crippen molar-refractivity contribution in [3.05, 3.63) is 54.4 Å². The van der Waals surface area contributed by atoms with E-state index in [1.54, 1.807) is 6.20 Å². The average Bonchev–Trinajstić information content (AvgIpc) is 3.19. The van der Waals surface area contributed by atoms with Gasteiger partial charge in [-0.05, 0) is 18.1 Å². The maximum absolute atomic E-state index is 12.9. The van der Waals surface area contributed by atoms with Gasteiger partial charge < -0.3 is 10.2 Å². The summed E-state index contributed by atoms with van der Waals surface area (Å²) in [5.41, 5.74) is 2.76. The second-order valence-corrected chi connectivity index (χ2v) is 6.81. The number of rotatable bonds is 3. The molecular formula is C20H24N4O. The van der Waals surface area contributed by atoms with E-state index in [1.807, 2.05) is 47.5 Å². The third-order valence-electron chi connectivity index (χ3n) is 5.21. The molecule has 25 heavy (non-hydrogen) atoms. The van der Waals surface area contributed by atoms with E-state index in [-0.39, 0.29) is 5.91 Å². The van der Waals surface area contributed by atoms with Crippen molar-refractivity contribution in [1.29, 1.82) is 0 Å². The fraction of sp³-hybridized carbons (Fsp3) is 0.400. The summed E-state index contributed by atoms with van der Waals surface area (Å²) in [6, 6.07) is 12.5. The Hall–Kier alpha value is -2.24. The van der Waals surface area contributed by atoms with Crippen molar-refractivity contribution in [2.24, 2.45) is 0 Å². The van der Waals surface area contributed by atoms with Crippen LogP contribution < -0.4 is 5.32 Å². The Kier molecular flexibility index (Phi) is 4.76. The van der Waals surface area contributed by atoms with Gasteiger partial charge in [-0.15, -0.1) is 0 Å². The summed E-state index contributed by atoms with van der Waals surface area (Å²) >= 11 is 0. The predicted molar refractivity (Wildman–Crippen MR) is 98.4 cm³/mol. The van der Waals surface area contributed by atoms with Crippen LogP contribution in [0.4, 0.5) is 0 Å². The molecule has 2 aliphatic rings. The van der Waals surface area contributed by atoms with Crippen molar-refractivity contribution in [2.75, 3.05) is 39.3 Å². The van der Waals surface area contributed by atoms with Crippen molar-refractivity contribution in [3.8, 4) is 11.1 Å². The van der Waals surface area contributed by atoms with Crippen LogP contribution in [0.25, 0.3) is 11.1 Å². The van der Waals surface area contributed by atoms with Crippen LogP contribution >= 0.6 is 0 Å². The highest BCUT2D eigenvalue weighted by atomic mass is 16.2. The van der Waals surface area contributed by atoms with E-state index in [1.165, 1.54) is 0 Å². The normalized spacial score (nSPS) is 21.4. The van der Waals surface area contributed by atoms with Gasteiger partial charge in [-0.1, -0.05) is 30.3 Å². The second-order valence-electron chi connectivity index (χ2n) is 6.81. The molecule has 1 aromatic carbocycles. The van der Waals surface area contributed by atoms with E-state index < -0.39 is 0 Å². The number of carbonyl (C=O) groups excluding carboxylic acids is 1. The summed E-state index contributed by atoms with van der Waals surface area (Å²) in [5.74, 6) is 0.0999. The van der Waals surface area contributed by atoms with E-state index in [4.69, 9.17) is 0 Å². The number of hydrogen-bond acceptors (Lipinski definition) is 4. The molecule has 3 heterocycles. The monoisotopic (exact) mass is 336 g/mol. The van der Waals surface area contributed by atoms with Gasteiger partial charge in [0.2, 0.25) is 0 Å². The van der Waals surface area contributed by atoms with Crippen LogP contribution in [0, 0.1) is 0 Å². The standard InChI is InChI=1S/C20H24N4O/c25-20(24-9-6-19(15-24)23-10-7-21-8-11-23)18-12-17(13-22-14-18)16-4-2-1-3-5-16/h1-5,12-14,19,21H,6-11,15H2. The smallest absolute Gasteiger partial charge is 0.255 e. The molecule has 0 spiro atoms. The summed E-state index contributed by atoms with van der Waals surface area (Å²) in [7, 11) is 0. The molecule has 5 nitrogen and oxygen atoms in total. The third kappa shape index (κ3) is 3.57. The molecule has 130 valence electrons. The lowest BCUT2D eigenvalue weighted by atomic mass is 10.1. The number of nitrogens with zero attached hydrogens (tertiary/aromatic N) is 3. The number of piperazine rings is 1. The fourth-order valence-corrected chi connectivity index (χ4v) is 3.80. The van der Waals surface area contributed by atoms with Crippen LogP contribution in [0.15, 0.2) is 48.8 Å². The summed E-state index contributed by atoms with van der Waals surface area (Å²) < 4.78 is 0. The molecule has 5 heteroatoms. The number of likely N-dealkylation sites (tertiary alicyclic amines) is 1. The topological polar surface area (TPSA) is 48.5 Å². The Morgan fingerprint density at radius 1 is 1.04 bits per heavy atom. The molecule has 0 bridgehead atoms. The zero-order chi connectivity index (χ0) is 17.1. The first kappa shape index (κ1) is 16.2. The minimum Gasteiger partial charge on any atom is -0.337 e. The molecule has 1 unspecified atom stereocenters. The predicted octanol–water partition coefficient (Wildman–Crippen LogP) is 1.87. The van der Waals surface area contributed by atoms with Gasteiger partial charge in [0.05, 0.1) is 5.56 Å². The van der Waals surface area contributed by atoms with E-state index in [2.05, 4.69) is 15.2 Å². The van der Waals surface area contributed by atoms with Crippen molar-refractivity contribution < 1.29 is 4.79 Å². The van der Waals surface area contributed by atoms with Crippen molar-refractivity contribution in [3.63, 3.8) is 0 Å². The largest absolute Gasteiger partial charge is 0.337 e. The molecule has 4 rings (SSSR count). The number of aromatic nitrogens is 1.